The van der Waals surface area contributed by atoms with E-state index in [1.165, 1.54) is 6.20 Å². The molecule has 0 saturated heterocycles. The number of nitrogens with two attached hydrogens (primary N) is 1. The predicted molar refractivity (Wildman–Crippen MR) is 64.2 cm³/mol. The number of nitrogens with one attached hydrogen (secondary N) is 1. The number of aliphatic hydroxyl groups is 1. The molecule has 0 saturated carbocycles. The lowest BCUT2D eigenvalue weighted by atomic mass is 10.3. The maximum absolute atomic E-state index is 9.04. The number of aliphatic hydroxyl groups excluding tert-OH is 1. The third-order valence-electron chi connectivity index (χ3n) is 2.06. The van der Waals surface area contributed by atoms with E-state index in [2.05, 4.69) is 25.3 Å². The number of aromatic nitrogens is 4. The minimum atomic E-state index is -0.172. The van der Waals surface area contributed by atoms with Crippen LogP contribution in [0.2, 0.25) is 0 Å². The monoisotopic (exact) mass is 234 g/mol. The summed E-state index contributed by atoms with van der Waals surface area (Å²) < 4.78 is 0. The van der Waals surface area contributed by atoms with Gasteiger partial charge in [0.15, 0.2) is 17.0 Å². The van der Waals surface area contributed by atoms with E-state index in [1.807, 2.05) is 13.8 Å². The van der Waals surface area contributed by atoms with E-state index in [4.69, 9.17) is 10.8 Å². The standard InChI is InChI=1S/C10H14N6O/c1-5(2)13-9-7-8(15-10(11)16-9)12-3-6(4-17)14-7/h3,5,17H,4H2,1-2H3,(H3,11,12,13,15,16). The fourth-order valence-corrected chi connectivity index (χ4v) is 1.41. The highest BCUT2D eigenvalue weighted by Crippen LogP contribution is 2.18. The van der Waals surface area contributed by atoms with Crippen LogP contribution in [0.15, 0.2) is 6.20 Å². The summed E-state index contributed by atoms with van der Waals surface area (Å²) in [6.07, 6.45) is 1.47. The van der Waals surface area contributed by atoms with Crippen LogP contribution in [0.5, 0.6) is 0 Å². The van der Waals surface area contributed by atoms with Crippen LogP contribution < -0.4 is 11.1 Å². The van der Waals surface area contributed by atoms with Crippen LogP contribution in [0.3, 0.4) is 0 Å². The first-order valence-electron chi connectivity index (χ1n) is 5.26. The second kappa shape index (κ2) is 4.46. The van der Waals surface area contributed by atoms with Crippen molar-refractivity contribution in [2.45, 2.75) is 26.5 Å². The van der Waals surface area contributed by atoms with Crippen molar-refractivity contribution >= 4 is 22.9 Å². The van der Waals surface area contributed by atoms with Gasteiger partial charge in [0.1, 0.15) is 0 Å². The summed E-state index contributed by atoms with van der Waals surface area (Å²) in [5.74, 6) is 0.678. The Kier molecular flexibility index (Phi) is 3.01. The molecule has 0 atom stereocenters. The molecule has 0 aliphatic carbocycles. The number of fused-ring (bicyclic) bond motifs is 1. The van der Waals surface area contributed by atoms with E-state index >= 15 is 0 Å². The average Bonchev–Trinajstić information content (AvgIpc) is 2.27. The fourth-order valence-electron chi connectivity index (χ4n) is 1.41. The summed E-state index contributed by atoms with van der Waals surface area (Å²) in [5, 5.41) is 12.2. The fraction of sp³-hybridized carbons (Fsp3) is 0.400. The first-order chi connectivity index (χ1) is 8.10. The summed E-state index contributed by atoms with van der Waals surface area (Å²) in [5.41, 5.74) is 6.99. The normalized spacial score (nSPS) is 11.1. The van der Waals surface area contributed by atoms with Crippen LogP contribution in [0.4, 0.5) is 11.8 Å². The molecular formula is C10H14N6O. The molecule has 0 radical (unpaired) electrons. The number of hydrogen-bond donors (Lipinski definition) is 3. The highest BCUT2D eigenvalue weighted by molar-refractivity contribution is 5.83. The quantitative estimate of drug-likeness (QED) is 0.701. The van der Waals surface area contributed by atoms with E-state index in [-0.39, 0.29) is 18.6 Å². The van der Waals surface area contributed by atoms with Gasteiger partial charge in [0.05, 0.1) is 18.5 Å². The molecule has 4 N–H and O–H groups in total. The Bertz CT molecular complexity index is 542. The van der Waals surface area contributed by atoms with E-state index in [0.717, 1.165) is 0 Å². The van der Waals surface area contributed by atoms with Gasteiger partial charge in [-0.05, 0) is 13.8 Å². The number of nitrogen functional groups attached to an aromatic ring is 1. The van der Waals surface area contributed by atoms with Crippen molar-refractivity contribution in [2.24, 2.45) is 0 Å². The summed E-state index contributed by atoms with van der Waals surface area (Å²) in [6.45, 7) is 3.79. The molecule has 17 heavy (non-hydrogen) atoms. The SMILES string of the molecule is CC(C)Nc1nc(N)nc2ncc(CO)nc12. The molecule has 2 heterocycles. The Balaban J connectivity index is 2.61. The number of nitrogens with zero attached hydrogens (tertiary/aromatic N) is 4. The first kappa shape index (κ1) is 11.5. The lowest BCUT2D eigenvalue weighted by Crippen LogP contribution is -2.14. The summed E-state index contributed by atoms with van der Waals surface area (Å²) in [7, 11) is 0. The van der Waals surface area contributed by atoms with Crippen LogP contribution >= 0.6 is 0 Å². The van der Waals surface area contributed by atoms with Gasteiger partial charge < -0.3 is 16.2 Å². The zero-order valence-electron chi connectivity index (χ0n) is 9.68. The minimum Gasteiger partial charge on any atom is -0.390 e. The molecule has 0 fully saturated rings. The van der Waals surface area contributed by atoms with Crippen LogP contribution in [-0.2, 0) is 6.61 Å². The molecule has 0 aliphatic rings. The van der Waals surface area contributed by atoms with Crippen LogP contribution in [0.25, 0.3) is 11.2 Å². The summed E-state index contributed by atoms with van der Waals surface area (Å²) in [6, 6.07) is 0.187. The van der Waals surface area contributed by atoms with Gasteiger partial charge in [0.2, 0.25) is 5.95 Å². The van der Waals surface area contributed by atoms with Gasteiger partial charge in [-0.1, -0.05) is 0 Å². The molecule has 2 aromatic heterocycles. The van der Waals surface area contributed by atoms with Gasteiger partial charge in [-0.2, -0.15) is 9.97 Å². The van der Waals surface area contributed by atoms with E-state index in [0.29, 0.717) is 22.7 Å². The molecule has 7 nitrogen and oxygen atoms in total. The molecule has 0 unspecified atom stereocenters. The molecular weight excluding hydrogens is 220 g/mol. The Hall–Kier alpha value is -2.02. The van der Waals surface area contributed by atoms with Crippen molar-refractivity contribution in [1.82, 2.24) is 19.9 Å². The zero-order valence-corrected chi connectivity index (χ0v) is 9.68. The first-order valence-corrected chi connectivity index (χ1v) is 5.26. The van der Waals surface area contributed by atoms with Gasteiger partial charge in [0.25, 0.3) is 0 Å². The average molecular weight is 234 g/mol. The highest BCUT2D eigenvalue weighted by Gasteiger charge is 2.10. The highest BCUT2D eigenvalue weighted by atomic mass is 16.3. The van der Waals surface area contributed by atoms with Gasteiger partial charge in [-0.25, -0.2) is 9.97 Å². The van der Waals surface area contributed by atoms with Crippen molar-refractivity contribution in [2.75, 3.05) is 11.1 Å². The largest absolute Gasteiger partial charge is 0.390 e. The molecule has 0 bridgehead atoms. The maximum atomic E-state index is 9.04. The molecule has 0 aliphatic heterocycles. The van der Waals surface area contributed by atoms with Crippen molar-refractivity contribution in [3.63, 3.8) is 0 Å². The maximum Gasteiger partial charge on any atom is 0.224 e. The van der Waals surface area contributed by atoms with E-state index in [1.54, 1.807) is 0 Å². The van der Waals surface area contributed by atoms with Crippen molar-refractivity contribution in [3.05, 3.63) is 11.9 Å². The molecule has 7 heteroatoms. The van der Waals surface area contributed by atoms with E-state index in [9.17, 15) is 0 Å². The topological polar surface area (TPSA) is 110 Å². The predicted octanol–water partition coefficient (Wildman–Crippen LogP) is 0.315. The van der Waals surface area contributed by atoms with Crippen LogP contribution in [0.1, 0.15) is 19.5 Å². The Morgan fingerprint density at radius 3 is 2.76 bits per heavy atom. The van der Waals surface area contributed by atoms with Crippen LogP contribution in [0, 0.1) is 0 Å². The van der Waals surface area contributed by atoms with Crippen molar-refractivity contribution in [3.8, 4) is 0 Å². The third-order valence-corrected chi connectivity index (χ3v) is 2.06. The lowest BCUT2D eigenvalue weighted by Gasteiger charge is -2.11. The second-order valence-electron chi connectivity index (χ2n) is 3.92. The molecule has 2 rings (SSSR count). The lowest BCUT2D eigenvalue weighted by molar-refractivity contribution is 0.277. The van der Waals surface area contributed by atoms with E-state index < -0.39 is 0 Å². The minimum absolute atomic E-state index is 0.145. The molecule has 0 amide bonds. The van der Waals surface area contributed by atoms with Gasteiger partial charge in [0, 0.05) is 6.04 Å². The third kappa shape index (κ3) is 2.39. The van der Waals surface area contributed by atoms with Gasteiger partial charge in [-0.15, -0.1) is 0 Å². The number of rotatable bonds is 3. The number of hydrogen-bond acceptors (Lipinski definition) is 7. The molecule has 0 aromatic carbocycles. The van der Waals surface area contributed by atoms with Crippen molar-refractivity contribution < 1.29 is 5.11 Å². The summed E-state index contributed by atoms with van der Waals surface area (Å²) in [4.78, 5) is 16.4. The molecule has 90 valence electrons. The number of anilines is 2. The summed E-state index contributed by atoms with van der Waals surface area (Å²) >= 11 is 0. The van der Waals surface area contributed by atoms with Gasteiger partial charge in [-0.3, -0.25) is 0 Å². The Labute approximate surface area is 98.1 Å². The Morgan fingerprint density at radius 1 is 1.35 bits per heavy atom. The van der Waals surface area contributed by atoms with Crippen molar-refractivity contribution in [1.29, 1.82) is 0 Å². The Morgan fingerprint density at radius 2 is 2.12 bits per heavy atom. The van der Waals surface area contributed by atoms with Gasteiger partial charge >= 0.3 is 0 Å². The smallest absolute Gasteiger partial charge is 0.224 e. The zero-order chi connectivity index (χ0) is 12.4. The molecule has 0 spiro atoms. The molecule has 2 aromatic rings. The second-order valence-corrected chi connectivity index (χ2v) is 3.92. The van der Waals surface area contributed by atoms with Crippen LogP contribution in [-0.4, -0.2) is 31.1 Å².